The Hall–Kier alpha value is -0.798. The number of carbonyl (C=O) groups is 1. The fraction of sp³-hybridized carbons (Fsp3) is 0.333. The van der Waals surface area contributed by atoms with Crippen molar-refractivity contribution in [2.24, 2.45) is 0 Å². The van der Waals surface area contributed by atoms with Crippen LogP contribution >= 0.6 is 0 Å². The van der Waals surface area contributed by atoms with Gasteiger partial charge in [0.1, 0.15) is 0 Å². The molecule has 3 heteroatoms. The van der Waals surface area contributed by atoms with Crippen LogP contribution in [0.3, 0.4) is 0 Å². The average molecular weight is 510 g/mol. The van der Waals surface area contributed by atoms with Crippen LogP contribution in [-0.2, 0) is 25.2 Å². The fourth-order valence-corrected chi connectivity index (χ4v) is 0. The summed E-state index contributed by atoms with van der Waals surface area (Å²) in [6.07, 6.45) is 0. The molecule has 33 valence electrons. The molecule has 1 radical (unpaired) electrons. The van der Waals surface area contributed by atoms with E-state index in [9.17, 15) is 4.79 Å². The SMILES string of the molecule is [CH2-]C(C)=O.[Re].[Rf]. The second-order valence-corrected chi connectivity index (χ2v) is 0.702. The topological polar surface area (TPSA) is 17.1 Å². The van der Waals surface area contributed by atoms with Gasteiger partial charge >= 0.3 is 0 Å². The van der Waals surface area contributed by atoms with Crippen LogP contribution in [0.4, 0.5) is 0 Å². The second-order valence-electron chi connectivity index (χ2n) is 0.702. The molecule has 0 heterocycles. The molecule has 0 rings (SSSR count). The Kier molecular flexibility index (Phi) is 28.0. The molecule has 0 saturated carbocycles. The zero-order valence-electron chi connectivity index (χ0n) is 3.70. The van der Waals surface area contributed by atoms with Gasteiger partial charge in [-0.3, -0.25) is 0 Å². The first-order valence-electron chi connectivity index (χ1n) is 1.06. The molecule has 6 heavy (non-hydrogen) atoms. The second kappa shape index (κ2) is 8.88. The van der Waals surface area contributed by atoms with Crippen LogP contribution in [-0.4, -0.2) is 5.78 Å². The summed E-state index contributed by atoms with van der Waals surface area (Å²) in [5.41, 5.74) is 0. The molecule has 0 N–H and O–H groups in total. The van der Waals surface area contributed by atoms with Gasteiger partial charge in [0.05, 0.1) is 0 Å². The molecule has 0 aromatic heterocycles. The van der Waals surface area contributed by atoms with E-state index in [2.05, 4.69) is 6.92 Å². The molecule has 0 aromatic carbocycles. The molecule has 0 aliphatic rings. The molecule has 0 aliphatic carbocycles. The summed E-state index contributed by atoms with van der Waals surface area (Å²) in [5, 5.41) is 0. The van der Waals surface area contributed by atoms with Gasteiger partial charge in [0.15, 0.2) is 0 Å². The summed E-state index contributed by atoms with van der Waals surface area (Å²) in [7, 11) is 0. The third-order valence-corrected chi connectivity index (χ3v) is 0. The van der Waals surface area contributed by atoms with Crippen LogP contribution in [0, 0.1) is 6.92 Å². The van der Waals surface area contributed by atoms with Crippen LogP contribution in [0.2, 0.25) is 0 Å². The minimum atomic E-state index is -0.0833. The van der Waals surface area contributed by atoms with Gasteiger partial charge in [0.25, 0.3) is 0 Å². The monoisotopic (exact) mass is 511 g/mol. The van der Waals surface area contributed by atoms with Gasteiger partial charge in [0.2, 0.25) is 0 Å². The standard InChI is InChI=1S/C3H5O.Re.Rf/c1-3(2)4;;/h1H2,2H3;;/q-1;;. The molecule has 0 aromatic rings. The van der Waals surface area contributed by atoms with Crippen molar-refractivity contribution in [3.63, 3.8) is 0 Å². The van der Waals surface area contributed by atoms with Gasteiger partial charge in [-0.25, -0.2) is 0 Å². The van der Waals surface area contributed by atoms with E-state index in [4.69, 9.17) is 0 Å². The van der Waals surface area contributed by atoms with Crippen molar-refractivity contribution < 1.29 is 25.2 Å². The Morgan fingerprint density at radius 2 is 1.67 bits per heavy atom. The van der Waals surface area contributed by atoms with Crippen molar-refractivity contribution in [1.82, 2.24) is 0 Å². The fourth-order valence-electron chi connectivity index (χ4n) is 0. The van der Waals surface area contributed by atoms with Crippen LogP contribution < -0.4 is 0 Å². The Balaban J connectivity index is -0.0000000450. The zero-order valence-corrected chi connectivity index (χ0v) is 12.8. The van der Waals surface area contributed by atoms with Crippen LogP contribution in [0.15, 0.2) is 0 Å². The van der Waals surface area contributed by atoms with E-state index in [1.165, 1.54) is 6.92 Å². The Morgan fingerprint density at radius 3 is 1.67 bits per heavy atom. The smallest absolute Gasteiger partial charge is 0 e. The molecule has 0 saturated heterocycles. The largest absolute Gasteiger partial charge is 0.340 e. The summed E-state index contributed by atoms with van der Waals surface area (Å²) in [6, 6.07) is 0. The molecule has 0 spiro atoms. The van der Waals surface area contributed by atoms with Crippen LogP contribution in [0.25, 0.3) is 0 Å². The number of carbonyl (C=O) groups excluding carboxylic acids is 1. The number of hydrogen-bond acceptors (Lipinski definition) is 1. The van der Waals surface area contributed by atoms with Crippen molar-refractivity contribution in [3.8, 4) is 0 Å². The van der Waals surface area contributed by atoms with E-state index in [0.717, 1.165) is 0 Å². The summed E-state index contributed by atoms with van der Waals surface area (Å²) in [6.45, 7) is 4.42. The van der Waals surface area contributed by atoms with E-state index in [0.29, 0.717) is 0 Å². The third-order valence-electron chi connectivity index (χ3n) is 0. The molecule has 0 aliphatic heterocycles. The van der Waals surface area contributed by atoms with E-state index in [1.54, 1.807) is 0 Å². The maximum absolute atomic E-state index is 9.33. The van der Waals surface area contributed by atoms with E-state index in [1.807, 2.05) is 0 Å². The van der Waals surface area contributed by atoms with Gasteiger partial charge in [-0.2, -0.15) is 0 Å². The van der Waals surface area contributed by atoms with Crippen molar-refractivity contribution in [1.29, 1.82) is 0 Å². The van der Waals surface area contributed by atoms with Gasteiger partial charge in [0, 0.05) is 20.4 Å². The molecular formula is C3H5OReRf-. The molecule has 0 atom stereocenters. The maximum atomic E-state index is 9.33. The quantitative estimate of drug-likeness (QED) is 0.432. The zero-order chi connectivity index (χ0) is 3.58. The van der Waals surface area contributed by atoms with E-state index >= 15 is 0 Å². The van der Waals surface area contributed by atoms with E-state index in [-0.39, 0.29) is 26.2 Å². The number of ketones is 1. The van der Waals surface area contributed by atoms with Crippen molar-refractivity contribution >= 4 is 5.78 Å². The maximum Gasteiger partial charge on any atom is 0 e. The Labute approximate surface area is 45.4 Å². The first kappa shape index (κ1) is 18.9. The number of hydrogen-bond donors (Lipinski definition) is 0. The third kappa shape index (κ3) is 24.4. The van der Waals surface area contributed by atoms with Gasteiger partial charge < -0.3 is 11.7 Å². The first-order valence-corrected chi connectivity index (χ1v) is 1.06. The predicted octanol–water partition coefficient (Wildman–Crippen LogP) is 0.407. The van der Waals surface area contributed by atoms with Gasteiger partial charge in [-0.15, -0.1) is 0 Å². The summed E-state index contributed by atoms with van der Waals surface area (Å²) in [5.74, 6) is -0.0833. The number of Topliss-reactive ketones (excluding diaryl/α,β-unsaturated/α-hetero) is 1. The molecule has 0 fully saturated rings. The normalized spacial score (nSPS) is 4.17. The Morgan fingerprint density at radius 1 is 1.67 bits per heavy atom. The molecule has 0 amide bonds. The van der Waals surface area contributed by atoms with Crippen LogP contribution in [0.1, 0.15) is 6.92 Å². The molecule has 0 unspecified atom stereocenters. The predicted molar refractivity (Wildman–Crippen MR) is 16.0 cm³/mol. The van der Waals surface area contributed by atoms with E-state index < -0.39 is 0 Å². The van der Waals surface area contributed by atoms with Crippen molar-refractivity contribution in [2.45, 2.75) is 6.92 Å². The average Bonchev–Trinajstić information content (AvgIpc) is 0.811. The molecular weight excluding hydrogens is 505 g/mol. The van der Waals surface area contributed by atoms with Crippen LogP contribution in [0.5, 0.6) is 0 Å². The first-order chi connectivity index (χ1) is 1.73. The Bertz CT molecular complexity index is 33.8. The van der Waals surface area contributed by atoms with Crippen molar-refractivity contribution in [3.05, 3.63) is 6.92 Å². The summed E-state index contributed by atoms with van der Waals surface area (Å²) in [4.78, 5) is 9.33. The minimum Gasteiger partial charge on any atom is -0.340 e. The summed E-state index contributed by atoms with van der Waals surface area (Å²) < 4.78 is 0. The van der Waals surface area contributed by atoms with Gasteiger partial charge in [-0.1, -0.05) is 0 Å². The van der Waals surface area contributed by atoms with Crippen molar-refractivity contribution in [2.75, 3.05) is 0 Å². The molecule has 0 bridgehead atoms. The molecule has 1 nitrogen and oxygen atoms in total. The van der Waals surface area contributed by atoms with Gasteiger partial charge in [-0.05, 0) is 12.7 Å². The minimum absolute atomic E-state index is 0. The number of rotatable bonds is 0. The summed E-state index contributed by atoms with van der Waals surface area (Å²) >= 11 is 0.